The molecule has 2 aromatic rings. The van der Waals surface area contributed by atoms with E-state index in [2.05, 4.69) is 68.6 Å². The van der Waals surface area contributed by atoms with Crippen molar-refractivity contribution in [1.29, 1.82) is 0 Å². The van der Waals surface area contributed by atoms with Crippen LogP contribution in [0.1, 0.15) is 31.9 Å². The van der Waals surface area contributed by atoms with E-state index in [0.717, 1.165) is 18.7 Å². The molecule has 2 rings (SSSR count). The van der Waals surface area contributed by atoms with E-state index < -0.39 is 0 Å². The van der Waals surface area contributed by atoms with Crippen LogP contribution in [0.4, 0.5) is 0 Å². The van der Waals surface area contributed by atoms with Crippen LogP contribution in [0, 0.1) is 0 Å². The van der Waals surface area contributed by atoms with Gasteiger partial charge in [-0.1, -0.05) is 51.1 Å². The van der Waals surface area contributed by atoms with Gasteiger partial charge in [-0.25, -0.2) is 0 Å². The van der Waals surface area contributed by atoms with Gasteiger partial charge >= 0.3 is 0 Å². The second-order valence-corrected chi connectivity index (χ2v) is 5.62. The van der Waals surface area contributed by atoms with Gasteiger partial charge in [0.1, 0.15) is 5.75 Å². The molecule has 0 amide bonds. The molecule has 0 fully saturated rings. The summed E-state index contributed by atoms with van der Waals surface area (Å²) in [5.41, 5.74) is 5.07. The average molecular weight is 283 g/mol. The van der Waals surface area contributed by atoms with Crippen molar-refractivity contribution in [2.75, 3.05) is 7.11 Å². The van der Waals surface area contributed by atoms with Gasteiger partial charge in [0.05, 0.1) is 7.11 Å². The molecule has 0 radical (unpaired) electrons. The van der Waals surface area contributed by atoms with Gasteiger partial charge in [-0.3, -0.25) is 0 Å². The quantitative estimate of drug-likeness (QED) is 0.847. The summed E-state index contributed by atoms with van der Waals surface area (Å²) >= 11 is 0. The molecule has 2 heteroatoms. The van der Waals surface area contributed by atoms with Gasteiger partial charge in [-0.15, -0.1) is 0 Å². The predicted molar refractivity (Wildman–Crippen MR) is 89.8 cm³/mol. The molecule has 21 heavy (non-hydrogen) atoms. The molecule has 0 saturated carbocycles. The molecular weight excluding hydrogens is 258 g/mol. The van der Waals surface area contributed by atoms with Gasteiger partial charge in [0, 0.05) is 18.2 Å². The first-order chi connectivity index (χ1) is 10.1. The Morgan fingerprint density at radius 2 is 1.81 bits per heavy atom. The fraction of sp³-hybridized carbons (Fsp3) is 0.368. The number of rotatable bonds is 6. The molecule has 0 bridgehead atoms. The maximum atomic E-state index is 5.47. The van der Waals surface area contributed by atoms with Crippen molar-refractivity contribution >= 4 is 0 Å². The number of hydrogen-bond donors (Lipinski definition) is 1. The minimum atomic E-state index is 0.460. The molecule has 0 aliphatic heterocycles. The number of ether oxygens (including phenoxy) is 1. The third-order valence-corrected chi connectivity index (χ3v) is 3.65. The highest BCUT2D eigenvalue weighted by molar-refractivity contribution is 5.66. The lowest BCUT2D eigenvalue weighted by atomic mass is 9.99. The summed E-state index contributed by atoms with van der Waals surface area (Å²) in [5, 5.41) is 3.46. The van der Waals surface area contributed by atoms with Gasteiger partial charge in [-0.2, -0.15) is 0 Å². The lowest BCUT2D eigenvalue weighted by Crippen LogP contribution is -2.22. The van der Waals surface area contributed by atoms with Gasteiger partial charge < -0.3 is 10.1 Å². The van der Waals surface area contributed by atoms with Gasteiger partial charge in [0.25, 0.3) is 0 Å². The van der Waals surface area contributed by atoms with Crippen LogP contribution in [0.25, 0.3) is 11.1 Å². The maximum absolute atomic E-state index is 5.47. The Bertz CT molecular complexity index is 590. The number of methoxy groups -OCH3 is 1. The van der Waals surface area contributed by atoms with Gasteiger partial charge in [-0.05, 0) is 35.2 Å². The highest BCUT2D eigenvalue weighted by Crippen LogP contribution is 2.27. The Kier molecular flexibility index (Phi) is 5.40. The third-order valence-electron chi connectivity index (χ3n) is 3.65. The molecule has 0 heterocycles. The second-order valence-electron chi connectivity index (χ2n) is 5.62. The topological polar surface area (TPSA) is 21.3 Å². The second kappa shape index (κ2) is 7.28. The first-order valence-corrected chi connectivity index (χ1v) is 7.63. The van der Waals surface area contributed by atoms with Gasteiger partial charge in [0.15, 0.2) is 0 Å². The van der Waals surface area contributed by atoms with Crippen LogP contribution in [0.5, 0.6) is 5.75 Å². The zero-order chi connectivity index (χ0) is 15.2. The Morgan fingerprint density at radius 3 is 2.48 bits per heavy atom. The van der Waals surface area contributed by atoms with Crippen LogP contribution >= 0.6 is 0 Å². The Morgan fingerprint density at radius 1 is 1.05 bits per heavy atom. The van der Waals surface area contributed by atoms with Crippen molar-refractivity contribution in [3.05, 3.63) is 53.6 Å². The van der Waals surface area contributed by atoms with E-state index in [-0.39, 0.29) is 0 Å². The smallest absolute Gasteiger partial charge is 0.123 e. The molecule has 0 atom stereocenters. The zero-order valence-corrected chi connectivity index (χ0v) is 13.4. The molecule has 2 aromatic carbocycles. The van der Waals surface area contributed by atoms with Crippen molar-refractivity contribution in [2.24, 2.45) is 0 Å². The van der Waals surface area contributed by atoms with Crippen LogP contribution in [0.3, 0.4) is 0 Å². The van der Waals surface area contributed by atoms with E-state index >= 15 is 0 Å². The first kappa shape index (κ1) is 15.6. The van der Waals surface area contributed by atoms with Crippen molar-refractivity contribution < 1.29 is 4.74 Å². The average Bonchev–Trinajstić information content (AvgIpc) is 2.52. The summed E-state index contributed by atoms with van der Waals surface area (Å²) in [4.78, 5) is 0. The van der Waals surface area contributed by atoms with E-state index in [1.54, 1.807) is 7.11 Å². The molecular formula is C19H25NO. The summed E-state index contributed by atoms with van der Waals surface area (Å²) < 4.78 is 5.47. The monoisotopic (exact) mass is 283 g/mol. The third kappa shape index (κ3) is 4.08. The normalized spacial score (nSPS) is 10.9. The zero-order valence-electron chi connectivity index (χ0n) is 13.4. The van der Waals surface area contributed by atoms with E-state index in [9.17, 15) is 0 Å². The minimum Gasteiger partial charge on any atom is -0.496 e. The number of benzene rings is 2. The molecule has 0 spiro atoms. The van der Waals surface area contributed by atoms with Crippen molar-refractivity contribution in [2.45, 2.75) is 39.8 Å². The van der Waals surface area contributed by atoms with Crippen LogP contribution in [0.15, 0.2) is 42.5 Å². The lowest BCUT2D eigenvalue weighted by molar-refractivity contribution is 0.406. The molecule has 0 saturated heterocycles. The maximum Gasteiger partial charge on any atom is 0.123 e. The van der Waals surface area contributed by atoms with Crippen LogP contribution in [0.2, 0.25) is 0 Å². The van der Waals surface area contributed by atoms with E-state index in [0.29, 0.717) is 6.04 Å². The molecule has 0 aliphatic carbocycles. The summed E-state index contributed by atoms with van der Waals surface area (Å²) in [7, 11) is 1.73. The van der Waals surface area contributed by atoms with Crippen molar-refractivity contribution in [3.8, 4) is 16.9 Å². The highest BCUT2D eigenvalue weighted by atomic mass is 16.5. The lowest BCUT2D eigenvalue weighted by Gasteiger charge is -2.14. The molecule has 0 unspecified atom stereocenters. The molecule has 0 aliphatic rings. The highest BCUT2D eigenvalue weighted by Gasteiger charge is 2.07. The SMILES string of the molecule is CCc1cccc(-c2ccc(OC)c(CNC(C)C)c2)c1. The van der Waals surface area contributed by atoms with E-state index in [1.165, 1.54) is 22.3 Å². The van der Waals surface area contributed by atoms with Crippen LogP contribution < -0.4 is 10.1 Å². The largest absolute Gasteiger partial charge is 0.496 e. The van der Waals surface area contributed by atoms with E-state index in [4.69, 9.17) is 4.74 Å². The van der Waals surface area contributed by atoms with Crippen LogP contribution in [-0.4, -0.2) is 13.2 Å². The fourth-order valence-corrected chi connectivity index (χ4v) is 2.38. The summed E-state index contributed by atoms with van der Waals surface area (Å²) in [5.74, 6) is 0.943. The summed E-state index contributed by atoms with van der Waals surface area (Å²) in [6, 6.07) is 15.6. The molecule has 1 N–H and O–H groups in total. The first-order valence-electron chi connectivity index (χ1n) is 7.63. The van der Waals surface area contributed by atoms with Crippen LogP contribution in [-0.2, 0) is 13.0 Å². The number of aryl methyl sites for hydroxylation is 1. The van der Waals surface area contributed by atoms with Gasteiger partial charge in [0.2, 0.25) is 0 Å². The summed E-state index contributed by atoms with van der Waals surface area (Å²) in [6.45, 7) is 7.31. The molecule has 2 nitrogen and oxygen atoms in total. The number of hydrogen-bond acceptors (Lipinski definition) is 2. The standard InChI is InChI=1S/C19H25NO/c1-5-15-7-6-8-16(11-15)17-9-10-19(21-4)18(12-17)13-20-14(2)3/h6-12,14,20H,5,13H2,1-4H3. The Labute approximate surface area is 128 Å². The predicted octanol–water partition coefficient (Wildman–Crippen LogP) is 4.42. The Balaban J connectivity index is 2.33. The number of nitrogens with one attached hydrogen (secondary N) is 1. The Hall–Kier alpha value is -1.80. The van der Waals surface area contributed by atoms with Crippen molar-refractivity contribution in [1.82, 2.24) is 5.32 Å². The minimum absolute atomic E-state index is 0.460. The van der Waals surface area contributed by atoms with E-state index in [1.807, 2.05) is 0 Å². The molecule has 112 valence electrons. The fourth-order valence-electron chi connectivity index (χ4n) is 2.38. The molecule has 0 aromatic heterocycles. The summed E-state index contributed by atoms with van der Waals surface area (Å²) in [6.07, 6.45) is 1.06. The van der Waals surface area contributed by atoms with Crippen molar-refractivity contribution in [3.63, 3.8) is 0 Å².